The van der Waals surface area contributed by atoms with Crippen LogP contribution in [0.15, 0.2) is 59.7 Å². The summed E-state index contributed by atoms with van der Waals surface area (Å²) in [5.41, 5.74) is 4.01. The standard InChI is InChI=1S/C28H26ClN7O3/c1-15-12-16(2)33-28(32-15)35-27(30-11-10-18-14-31-23-9-8-19(29)13-22(18)23)34-24(37)17(3)36-25(38)20-6-4-5-7-21(20)26(36)39/h4-9,12-14,17,31H,10-11H2,1-3H3,(H2,30,32,33,34,35,37). The molecule has 0 radical (unpaired) electrons. The van der Waals surface area contributed by atoms with Gasteiger partial charge in [0.25, 0.3) is 11.8 Å². The first kappa shape index (κ1) is 26.1. The summed E-state index contributed by atoms with van der Waals surface area (Å²) in [7, 11) is 0. The molecule has 3 heterocycles. The van der Waals surface area contributed by atoms with Crippen molar-refractivity contribution in [3.05, 3.63) is 87.8 Å². The summed E-state index contributed by atoms with van der Waals surface area (Å²) in [6.07, 6.45) is 2.46. The number of rotatable bonds is 6. The lowest BCUT2D eigenvalue weighted by Gasteiger charge is -2.22. The molecule has 2 aromatic heterocycles. The number of aromatic amines is 1. The van der Waals surface area contributed by atoms with E-state index >= 15 is 0 Å². The zero-order valence-corrected chi connectivity index (χ0v) is 22.3. The lowest BCUT2D eigenvalue weighted by molar-refractivity contribution is -0.123. The van der Waals surface area contributed by atoms with Crippen molar-refractivity contribution in [2.24, 2.45) is 4.99 Å². The van der Waals surface area contributed by atoms with E-state index in [1.165, 1.54) is 6.92 Å². The number of aliphatic imine (C=N–C) groups is 1. The normalized spacial score (nSPS) is 14.1. The molecule has 1 atom stereocenters. The van der Waals surface area contributed by atoms with Gasteiger partial charge in [-0.3, -0.25) is 34.9 Å². The van der Waals surface area contributed by atoms with Gasteiger partial charge >= 0.3 is 0 Å². The van der Waals surface area contributed by atoms with E-state index < -0.39 is 23.8 Å². The average molecular weight is 544 g/mol. The first-order valence-electron chi connectivity index (χ1n) is 12.4. The fourth-order valence-electron chi connectivity index (χ4n) is 4.54. The molecule has 0 saturated heterocycles. The second kappa shape index (κ2) is 10.7. The van der Waals surface area contributed by atoms with E-state index in [1.54, 1.807) is 24.3 Å². The zero-order chi connectivity index (χ0) is 27.7. The van der Waals surface area contributed by atoms with Gasteiger partial charge < -0.3 is 4.98 Å². The van der Waals surface area contributed by atoms with E-state index in [0.717, 1.165) is 32.8 Å². The topological polar surface area (TPSA) is 132 Å². The maximum Gasteiger partial charge on any atom is 0.262 e. The first-order valence-corrected chi connectivity index (χ1v) is 12.8. The molecule has 39 heavy (non-hydrogen) atoms. The number of amides is 3. The van der Waals surface area contributed by atoms with E-state index in [2.05, 4.69) is 30.6 Å². The number of hydrogen-bond acceptors (Lipinski definition) is 6. The third-order valence-corrected chi connectivity index (χ3v) is 6.66. The largest absolute Gasteiger partial charge is 0.361 e. The molecule has 3 N–H and O–H groups in total. The molecule has 0 fully saturated rings. The van der Waals surface area contributed by atoms with Crippen LogP contribution in [0, 0.1) is 13.8 Å². The van der Waals surface area contributed by atoms with Crippen molar-refractivity contribution in [2.45, 2.75) is 33.2 Å². The Morgan fingerprint density at radius 2 is 1.72 bits per heavy atom. The molecule has 0 aliphatic carbocycles. The molecule has 198 valence electrons. The molecular formula is C28H26ClN7O3. The van der Waals surface area contributed by atoms with Crippen molar-refractivity contribution in [3.63, 3.8) is 0 Å². The van der Waals surface area contributed by atoms with Crippen LogP contribution in [0.1, 0.15) is 44.6 Å². The minimum atomic E-state index is -1.08. The number of guanidine groups is 1. The summed E-state index contributed by atoms with van der Waals surface area (Å²) < 4.78 is 0. The van der Waals surface area contributed by atoms with Gasteiger partial charge in [-0.1, -0.05) is 23.7 Å². The molecule has 0 saturated carbocycles. The molecule has 1 aliphatic rings. The second-order valence-electron chi connectivity index (χ2n) is 9.27. The van der Waals surface area contributed by atoms with Gasteiger partial charge in [-0.2, -0.15) is 0 Å². The van der Waals surface area contributed by atoms with Crippen molar-refractivity contribution < 1.29 is 14.4 Å². The SMILES string of the molecule is Cc1cc(C)nc(NC(=NCCc2c[nH]c3ccc(Cl)cc23)NC(=O)C(C)N2C(=O)c3ccccc3C2=O)n1. The molecule has 1 aliphatic heterocycles. The van der Waals surface area contributed by atoms with Crippen molar-refractivity contribution >= 4 is 52.1 Å². The molecule has 1 unspecified atom stereocenters. The minimum Gasteiger partial charge on any atom is -0.361 e. The van der Waals surface area contributed by atoms with Crippen molar-refractivity contribution in [1.82, 2.24) is 25.2 Å². The molecule has 0 spiro atoms. The van der Waals surface area contributed by atoms with Gasteiger partial charge in [0.05, 0.1) is 11.1 Å². The molecule has 10 nitrogen and oxygen atoms in total. The Hall–Kier alpha value is -4.57. The number of nitrogens with one attached hydrogen (secondary N) is 3. The smallest absolute Gasteiger partial charge is 0.262 e. The third kappa shape index (κ3) is 5.37. The average Bonchev–Trinajstić information content (AvgIpc) is 3.40. The lowest BCUT2D eigenvalue weighted by atomic mass is 10.1. The van der Waals surface area contributed by atoms with Crippen LogP contribution in [-0.2, 0) is 11.2 Å². The summed E-state index contributed by atoms with van der Waals surface area (Å²) in [6.45, 7) is 5.48. The van der Waals surface area contributed by atoms with Crippen LogP contribution < -0.4 is 10.6 Å². The number of halogens is 1. The molecule has 4 aromatic rings. The molecule has 0 bridgehead atoms. The summed E-state index contributed by atoms with van der Waals surface area (Å²) in [5.74, 6) is -1.25. The highest BCUT2D eigenvalue weighted by Crippen LogP contribution is 2.25. The van der Waals surface area contributed by atoms with Gasteiger partial charge in [0, 0.05) is 40.1 Å². The Labute approximate surface area is 229 Å². The quantitative estimate of drug-likeness (QED) is 0.191. The minimum absolute atomic E-state index is 0.103. The van der Waals surface area contributed by atoms with Crippen LogP contribution in [-0.4, -0.2) is 56.1 Å². The molecule has 3 amide bonds. The molecular weight excluding hydrogens is 518 g/mol. The van der Waals surface area contributed by atoms with Crippen molar-refractivity contribution in [2.75, 3.05) is 11.9 Å². The molecule has 11 heteroatoms. The number of carbonyl (C=O) groups is 3. The summed E-state index contributed by atoms with van der Waals surface area (Å²) in [6, 6.07) is 12.9. The number of benzene rings is 2. The van der Waals surface area contributed by atoms with Crippen LogP contribution in [0.2, 0.25) is 5.02 Å². The number of anilines is 1. The summed E-state index contributed by atoms with van der Waals surface area (Å²) in [5, 5.41) is 7.33. The number of imide groups is 1. The Morgan fingerprint density at radius 3 is 2.38 bits per heavy atom. The monoisotopic (exact) mass is 543 g/mol. The Bertz CT molecular complexity index is 1590. The highest BCUT2D eigenvalue weighted by molar-refractivity contribution is 6.31. The van der Waals surface area contributed by atoms with Crippen LogP contribution in [0.5, 0.6) is 0 Å². The molecule has 5 rings (SSSR count). The number of fused-ring (bicyclic) bond motifs is 2. The number of carbonyl (C=O) groups excluding carboxylic acids is 3. The van der Waals surface area contributed by atoms with Crippen LogP contribution in [0.25, 0.3) is 10.9 Å². The maximum absolute atomic E-state index is 13.3. The van der Waals surface area contributed by atoms with E-state index in [-0.39, 0.29) is 23.0 Å². The summed E-state index contributed by atoms with van der Waals surface area (Å²) >= 11 is 6.17. The highest BCUT2D eigenvalue weighted by Gasteiger charge is 2.40. The number of nitrogens with zero attached hydrogens (tertiary/aromatic N) is 4. The van der Waals surface area contributed by atoms with Crippen LogP contribution in [0.4, 0.5) is 5.95 Å². The maximum atomic E-state index is 13.3. The Kier molecular flexibility index (Phi) is 7.12. The number of H-pyrrole nitrogens is 1. The zero-order valence-electron chi connectivity index (χ0n) is 21.6. The van der Waals surface area contributed by atoms with Crippen molar-refractivity contribution in [3.8, 4) is 0 Å². The summed E-state index contributed by atoms with van der Waals surface area (Å²) in [4.78, 5) is 56.5. The van der Waals surface area contributed by atoms with E-state index in [4.69, 9.17) is 11.6 Å². The third-order valence-electron chi connectivity index (χ3n) is 6.43. The number of aromatic nitrogens is 3. The Morgan fingerprint density at radius 1 is 1.05 bits per heavy atom. The van der Waals surface area contributed by atoms with Crippen LogP contribution in [0.3, 0.4) is 0 Å². The van der Waals surface area contributed by atoms with Gasteiger partial charge in [-0.25, -0.2) is 9.97 Å². The van der Waals surface area contributed by atoms with Crippen molar-refractivity contribution in [1.29, 1.82) is 0 Å². The van der Waals surface area contributed by atoms with Crippen LogP contribution >= 0.6 is 11.6 Å². The fraction of sp³-hybridized carbons (Fsp3) is 0.214. The van der Waals surface area contributed by atoms with E-state index in [0.29, 0.717) is 18.0 Å². The number of aryl methyl sites for hydroxylation is 2. The van der Waals surface area contributed by atoms with E-state index in [9.17, 15) is 14.4 Å². The van der Waals surface area contributed by atoms with E-state index in [1.807, 2.05) is 44.3 Å². The predicted octanol–water partition coefficient (Wildman–Crippen LogP) is 4.04. The molecule has 2 aromatic carbocycles. The van der Waals surface area contributed by atoms with Gasteiger partial charge in [0.15, 0.2) is 0 Å². The van der Waals surface area contributed by atoms with Gasteiger partial charge in [-0.05, 0) is 69.2 Å². The van der Waals surface area contributed by atoms with Gasteiger partial charge in [-0.15, -0.1) is 0 Å². The Balaban J connectivity index is 1.36. The first-order chi connectivity index (χ1) is 18.7. The predicted molar refractivity (Wildman–Crippen MR) is 149 cm³/mol. The van der Waals surface area contributed by atoms with Gasteiger partial charge in [0.1, 0.15) is 6.04 Å². The fourth-order valence-corrected chi connectivity index (χ4v) is 4.71. The lowest BCUT2D eigenvalue weighted by Crippen LogP contribution is -2.50. The second-order valence-corrected chi connectivity index (χ2v) is 9.71. The highest BCUT2D eigenvalue weighted by atomic mass is 35.5. The van der Waals surface area contributed by atoms with Gasteiger partial charge in [0.2, 0.25) is 17.8 Å². The number of hydrogen-bond donors (Lipinski definition) is 3.